The Labute approximate surface area is 154 Å². The maximum atomic E-state index is 11.9. The molecule has 0 saturated carbocycles. The average molecular weight is 370 g/mol. The van der Waals surface area contributed by atoms with E-state index in [2.05, 4.69) is 10.3 Å². The number of thiazole rings is 1. The van der Waals surface area contributed by atoms with Gasteiger partial charge in [0, 0.05) is 6.42 Å². The standard InChI is InChI=1S/C19H18N2O4S/c1-24-14-8-9-15-16(11-14)26-19(20-15)21-17(22)12-25-18(23)10-7-13-5-3-2-4-6-13/h2-6,8-9,11H,7,10,12H2,1H3,(H,20,21,22). The smallest absolute Gasteiger partial charge is 0.306 e. The molecule has 0 aliphatic heterocycles. The number of nitrogens with zero attached hydrogens (tertiary/aromatic N) is 1. The lowest BCUT2D eigenvalue weighted by atomic mass is 10.1. The number of hydrogen-bond acceptors (Lipinski definition) is 6. The van der Waals surface area contributed by atoms with Crippen molar-refractivity contribution in [3.63, 3.8) is 0 Å². The van der Waals surface area contributed by atoms with Gasteiger partial charge in [0.15, 0.2) is 11.7 Å². The number of carbonyl (C=O) groups is 2. The fraction of sp³-hybridized carbons (Fsp3) is 0.211. The molecular formula is C19H18N2O4S. The molecule has 3 aromatic rings. The third kappa shape index (κ3) is 4.80. The van der Waals surface area contributed by atoms with Crippen LogP contribution in [-0.4, -0.2) is 30.6 Å². The second-order valence-corrected chi connectivity index (χ2v) is 6.58. The molecule has 3 rings (SSSR count). The van der Waals surface area contributed by atoms with Gasteiger partial charge in [0.05, 0.1) is 17.3 Å². The summed E-state index contributed by atoms with van der Waals surface area (Å²) >= 11 is 1.33. The van der Waals surface area contributed by atoms with Gasteiger partial charge in [0.1, 0.15) is 5.75 Å². The molecule has 26 heavy (non-hydrogen) atoms. The highest BCUT2D eigenvalue weighted by atomic mass is 32.1. The highest BCUT2D eigenvalue weighted by Gasteiger charge is 2.11. The molecule has 0 aliphatic carbocycles. The van der Waals surface area contributed by atoms with E-state index in [1.54, 1.807) is 7.11 Å². The zero-order valence-corrected chi connectivity index (χ0v) is 15.0. The molecule has 6 nitrogen and oxygen atoms in total. The van der Waals surface area contributed by atoms with E-state index in [4.69, 9.17) is 9.47 Å². The Hall–Kier alpha value is -2.93. The van der Waals surface area contributed by atoms with Gasteiger partial charge in [-0.3, -0.25) is 14.9 Å². The van der Waals surface area contributed by atoms with Gasteiger partial charge >= 0.3 is 5.97 Å². The van der Waals surface area contributed by atoms with E-state index >= 15 is 0 Å². The quantitative estimate of drug-likeness (QED) is 0.645. The molecule has 0 bridgehead atoms. The maximum Gasteiger partial charge on any atom is 0.306 e. The maximum absolute atomic E-state index is 11.9. The molecule has 1 heterocycles. The molecule has 0 spiro atoms. The van der Waals surface area contributed by atoms with Gasteiger partial charge < -0.3 is 9.47 Å². The highest BCUT2D eigenvalue weighted by molar-refractivity contribution is 7.22. The normalized spacial score (nSPS) is 10.5. The molecule has 7 heteroatoms. The third-order valence-electron chi connectivity index (χ3n) is 3.67. The number of methoxy groups -OCH3 is 1. The zero-order chi connectivity index (χ0) is 18.4. The van der Waals surface area contributed by atoms with Crippen molar-refractivity contribution in [3.05, 3.63) is 54.1 Å². The number of aryl methyl sites for hydroxylation is 1. The number of esters is 1. The summed E-state index contributed by atoms with van der Waals surface area (Å²) in [6, 6.07) is 15.1. The van der Waals surface area contributed by atoms with E-state index < -0.39 is 11.9 Å². The number of rotatable bonds is 7. The summed E-state index contributed by atoms with van der Waals surface area (Å²) in [5, 5.41) is 3.11. The van der Waals surface area contributed by atoms with Gasteiger partial charge in [-0.2, -0.15) is 0 Å². The van der Waals surface area contributed by atoms with Gasteiger partial charge in [-0.25, -0.2) is 4.98 Å². The molecule has 2 aromatic carbocycles. The first-order valence-electron chi connectivity index (χ1n) is 8.08. The number of aromatic nitrogens is 1. The molecule has 134 valence electrons. The first-order chi connectivity index (χ1) is 12.6. The van der Waals surface area contributed by atoms with Crippen LogP contribution in [0.1, 0.15) is 12.0 Å². The average Bonchev–Trinajstić information content (AvgIpc) is 3.06. The Balaban J connectivity index is 1.47. The Morgan fingerprint density at radius 1 is 1.15 bits per heavy atom. The zero-order valence-electron chi connectivity index (χ0n) is 14.2. The fourth-order valence-electron chi connectivity index (χ4n) is 2.35. The lowest BCUT2D eigenvalue weighted by Gasteiger charge is -2.04. The van der Waals surface area contributed by atoms with Crippen molar-refractivity contribution in [3.8, 4) is 5.75 Å². The Morgan fingerprint density at radius 3 is 2.73 bits per heavy atom. The first kappa shape index (κ1) is 17.9. The molecule has 0 saturated heterocycles. The number of fused-ring (bicyclic) bond motifs is 1. The first-order valence-corrected chi connectivity index (χ1v) is 8.89. The minimum absolute atomic E-state index is 0.234. The minimum atomic E-state index is -0.413. The van der Waals surface area contributed by atoms with Crippen LogP contribution in [0.3, 0.4) is 0 Å². The van der Waals surface area contributed by atoms with E-state index in [-0.39, 0.29) is 13.0 Å². The molecule has 1 N–H and O–H groups in total. The van der Waals surface area contributed by atoms with Gasteiger partial charge in [-0.05, 0) is 30.2 Å². The van der Waals surface area contributed by atoms with Crippen molar-refractivity contribution in [2.75, 3.05) is 19.0 Å². The van der Waals surface area contributed by atoms with Crippen LogP contribution in [0, 0.1) is 0 Å². The van der Waals surface area contributed by atoms with E-state index in [1.807, 2.05) is 48.5 Å². The predicted molar refractivity (Wildman–Crippen MR) is 101 cm³/mol. The van der Waals surface area contributed by atoms with Crippen molar-refractivity contribution >= 4 is 38.6 Å². The summed E-state index contributed by atoms with van der Waals surface area (Å²) in [4.78, 5) is 28.0. The van der Waals surface area contributed by atoms with Crippen molar-refractivity contribution in [2.45, 2.75) is 12.8 Å². The van der Waals surface area contributed by atoms with Crippen molar-refractivity contribution in [1.82, 2.24) is 4.98 Å². The van der Waals surface area contributed by atoms with Crippen LogP contribution in [0.25, 0.3) is 10.2 Å². The molecule has 0 radical (unpaired) electrons. The minimum Gasteiger partial charge on any atom is -0.497 e. The SMILES string of the molecule is COc1ccc2nc(NC(=O)COC(=O)CCc3ccccc3)sc2c1. The van der Waals surface area contributed by atoms with Gasteiger partial charge in [0.2, 0.25) is 0 Å². The van der Waals surface area contributed by atoms with E-state index in [1.165, 1.54) is 11.3 Å². The van der Waals surface area contributed by atoms with Crippen LogP contribution < -0.4 is 10.1 Å². The molecule has 0 unspecified atom stereocenters. The van der Waals surface area contributed by atoms with Crippen molar-refractivity contribution in [1.29, 1.82) is 0 Å². The predicted octanol–water partition coefficient (Wildman–Crippen LogP) is 3.42. The largest absolute Gasteiger partial charge is 0.497 e. The number of ether oxygens (including phenoxy) is 2. The summed E-state index contributed by atoms with van der Waals surface area (Å²) in [6.07, 6.45) is 0.819. The van der Waals surface area contributed by atoms with Gasteiger partial charge in [-0.15, -0.1) is 0 Å². The second kappa shape index (κ2) is 8.44. The molecule has 1 aromatic heterocycles. The van der Waals surface area contributed by atoms with Crippen LogP contribution in [-0.2, 0) is 20.7 Å². The molecule has 0 fully saturated rings. The summed E-state index contributed by atoms with van der Waals surface area (Å²) in [5.41, 5.74) is 1.82. The summed E-state index contributed by atoms with van der Waals surface area (Å²) in [6.45, 7) is -0.327. The van der Waals surface area contributed by atoms with Gasteiger partial charge in [0.25, 0.3) is 5.91 Å². The van der Waals surface area contributed by atoms with E-state index in [0.717, 1.165) is 21.5 Å². The van der Waals surface area contributed by atoms with Crippen molar-refractivity contribution < 1.29 is 19.1 Å². The Morgan fingerprint density at radius 2 is 1.96 bits per heavy atom. The fourth-order valence-corrected chi connectivity index (χ4v) is 3.26. The third-order valence-corrected chi connectivity index (χ3v) is 4.60. The number of amides is 1. The van der Waals surface area contributed by atoms with Crippen LogP contribution in [0.5, 0.6) is 5.75 Å². The summed E-state index contributed by atoms with van der Waals surface area (Å²) < 4.78 is 11.1. The topological polar surface area (TPSA) is 77.5 Å². The molecule has 0 atom stereocenters. The van der Waals surface area contributed by atoms with Gasteiger partial charge in [-0.1, -0.05) is 41.7 Å². The second-order valence-electron chi connectivity index (χ2n) is 5.55. The number of nitrogens with one attached hydrogen (secondary N) is 1. The van der Waals surface area contributed by atoms with E-state index in [9.17, 15) is 9.59 Å². The number of hydrogen-bond donors (Lipinski definition) is 1. The monoisotopic (exact) mass is 370 g/mol. The molecule has 0 aliphatic rings. The number of anilines is 1. The number of carbonyl (C=O) groups excluding carboxylic acids is 2. The lowest BCUT2D eigenvalue weighted by Crippen LogP contribution is -2.20. The van der Waals surface area contributed by atoms with Crippen LogP contribution >= 0.6 is 11.3 Å². The van der Waals surface area contributed by atoms with Crippen molar-refractivity contribution in [2.24, 2.45) is 0 Å². The summed E-state index contributed by atoms with van der Waals surface area (Å²) in [7, 11) is 1.59. The lowest BCUT2D eigenvalue weighted by molar-refractivity contribution is -0.147. The van der Waals surface area contributed by atoms with E-state index in [0.29, 0.717) is 11.6 Å². The number of benzene rings is 2. The van der Waals surface area contributed by atoms with Crippen LogP contribution in [0.15, 0.2) is 48.5 Å². The molecule has 1 amide bonds. The van der Waals surface area contributed by atoms with Crippen LogP contribution in [0.2, 0.25) is 0 Å². The summed E-state index contributed by atoms with van der Waals surface area (Å²) in [5.74, 6) is -0.0894. The highest BCUT2D eigenvalue weighted by Crippen LogP contribution is 2.29. The Bertz CT molecular complexity index is 908. The van der Waals surface area contributed by atoms with Crippen LogP contribution in [0.4, 0.5) is 5.13 Å². The Kier molecular flexibility index (Phi) is 5.80. The molecular weight excluding hydrogens is 352 g/mol.